The molecule has 0 aliphatic rings. The van der Waals surface area contributed by atoms with Crippen LogP contribution in [-0.2, 0) is 65.4 Å². The Kier molecular flexibility index (Phi) is 63.4. The number of esters is 4. The van der Waals surface area contributed by atoms with Crippen molar-refractivity contribution < 1.29 is 80.2 Å². The van der Waals surface area contributed by atoms with Crippen LogP contribution in [0.25, 0.3) is 0 Å². The molecule has 552 valence electrons. The van der Waals surface area contributed by atoms with Crippen LogP contribution in [0.4, 0.5) is 0 Å². The molecule has 0 aliphatic heterocycles. The molecule has 17 nitrogen and oxygen atoms in total. The second kappa shape index (κ2) is 64.7. The van der Waals surface area contributed by atoms with E-state index in [0.717, 1.165) is 108 Å². The first kappa shape index (κ1) is 91.1. The van der Waals surface area contributed by atoms with Gasteiger partial charge in [0.05, 0.1) is 26.4 Å². The summed E-state index contributed by atoms with van der Waals surface area (Å²) in [5.41, 5.74) is 0. The number of hydrogen-bond acceptors (Lipinski definition) is 15. The topological polar surface area (TPSA) is 237 Å². The van der Waals surface area contributed by atoms with E-state index in [1.807, 2.05) is 0 Å². The number of phosphoric ester groups is 2. The molecular weight excluding hydrogens is 1220 g/mol. The molecule has 0 heterocycles. The third-order valence-corrected chi connectivity index (χ3v) is 19.0. The number of aliphatic hydroxyl groups is 1. The first-order valence-electron chi connectivity index (χ1n) is 38.3. The molecule has 0 spiro atoms. The predicted octanol–water partition coefficient (Wildman–Crippen LogP) is 21.4. The lowest BCUT2D eigenvalue weighted by atomic mass is 10.0. The summed E-state index contributed by atoms with van der Waals surface area (Å²) in [4.78, 5) is 72.8. The van der Waals surface area contributed by atoms with E-state index in [1.54, 1.807) is 0 Å². The maximum Gasteiger partial charge on any atom is 0.472 e. The number of ether oxygens (including phenoxy) is 4. The molecule has 0 rings (SSSR count). The molecule has 0 fully saturated rings. The molecule has 0 saturated carbocycles. The smallest absolute Gasteiger partial charge is 0.462 e. The number of aliphatic hydroxyl groups excluding tert-OH is 1. The Bertz CT molecular complexity index is 1820. The van der Waals surface area contributed by atoms with Gasteiger partial charge in [-0.05, 0) is 43.4 Å². The van der Waals surface area contributed by atoms with Crippen molar-refractivity contribution in [2.24, 2.45) is 17.8 Å². The summed E-state index contributed by atoms with van der Waals surface area (Å²) < 4.78 is 68.5. The zero-order valence-electron chi connectivity index (χ0n) is 60.7. The van der Waals surface area contributed by atoms with Gasteiger partial charge < -0.3 is 33.8 Å². The molecule has 93 heavy (non-hydrogen) atoms. The zero-order chi connectivity index (χ0) is 68.7. The lowest BCUT2D eigenvalue weighted by molar-refractivity contribution is -0.161. The third kappa shape index (κ3) is 68.4. The standard InChI is InChI=1S/C74H144O17P2/c1-8-9-10-11-12-13-14-18-27-34-41-48-55-71(76)84-61-70(91-74(79)58-51-44-37-30-23-21-26-33-40-47-54-67(6)7)64-89-93(82,83)87-60-68(75)59-86-92(80,81)88-63-69(62-85-72(77)56-49-42-35-28-22-20-25-32-39-46-53-66(4)5)90-73(78)57-50-43-36-29-19-16-15-17-24-31-38-45-52-65(2)3/h65-70,75H,8-64H2,1-7H3,(H,80,81)(H,82,83)/t68-,69-,70-/m1/s1. The number of phosphoric acid groups is 2. The number of carbonyl (C=O) groups excluding carboxylic acids is 4. The Morgan fingerprint density at radius 2 is 0.495 bits per heavy atom. The Labute approximate surface area is 568 Å². The minimum Gasteiger partial charge on any atom is -0.462 e. The average Bonchev–Trinajstić information content (AvgIpc) is 2.35. The van der Waals surface area contributed by atoms with Crippen LogP contribution in [0.1, 0.15) is 376 Å². The quantitative estimate of drug-likeness (QED) is 0.0222. The highest BCUT2D eigenvalue weighted by molar-refractivity contribution is 7.47. The van der Waals surface area contributed by atoms with Gasteiger partial charge in [0.1, 0.15) is 19.3 Å². The maximum absolute atomic E-state index is 13.1. The highest BCUT2D eigenvalue weighted by Gasteiger charge is 2.30. The van der Waals surface area contributed by atoms with E-state index >= 15 is 0 Å². The second-order valence-corrected chi connectivity index (χ2v) is 31.0. The summed E-state index contributed by atoms with van der Waals surface area (Å²) in [5, 5.41) is 10.6. The zero-order valence-corrected chi connectivity index (χ0v) is 62.5. The minimum absolute atomic E-state index is 0.106. The SMILES string of the molecule is CCCCCCCCCCCCCCC(=O)OC[C@H](COP(=O)(O)OC[C@H](O)COP(=O)(O)OC[C@@H](COC(=O)CCCCCCCCCCCCC(C)C)OC(=O)CCCCCCCCCCCCCCC(C)C)OC(=O)CCCCCCCCCCCCC(C)C. The Hall–Kier alpha value is -1.94. The Balaban J connectivity index is 5.27. The molecule has 0 bridgehead atoms. The van der Waals surface area contributed by atoms with Crippen molar-refractivity contribution in [3.05, 3.63) is 0 Å². The van der Waals surface area contributed by atoms with Crippen LogP contribution in [0.5, 0.6) is 0 Å². The van der Waals surface area contributed by atoms with Crippen molar-refractivity contribution in [3.63, 3.8) is 0 Å². The van der Waals surface area contributed by atoms with Gasteiger partial charge in [-0.2, -0.15) is 0 Å². The molecule has 2 unspecified atom stereocenters. The Morgan fingerprint density at radius 1 is 0.290 bits per heavy atom. The molecule has 0 aliphatic carbocycles. The predicted molar refractivity (Wildman–Crippen MR) is 377 cm³/mol. The molecule has 5 atom stereocenters. The number of unbranched alkanes of at least 4 members (excludes halogenated alkanes) is 40. The minimum atomic E-state index is -4.96. The summed E-state index contributed by atoms with van der Waals surface area (Å²) in [6.45, 7) is 11.9. The van der Waals surface area contributed by atoms with Crippen molar-refractivity contribution >= 4 is 39.5 Å². The van der Waals surface area contributed by atoms with Gasteiger partial charge in [0.15, 0.2) is 12.2 Å². The summed E-state index contributed by atoms with van der Waals surface area (Å²) in [7, 11) is -9.91. The second-order valence-electron chi connectivity index (χ2n) is 28.1. The van der Waals surface area contributed by atoms with Crippen molar-refractivity contribution in [1.29, 1.82) is 0 Å². The van der Waals surface area contributed by atoms with Crippen LogP contribution in [0.15, 0.2) is 0 Å². The normalized spacial score (nSPS) is 14.1. The number of rotatable bonds is 72. The fourth-order valence-electron chi connectivity index (χ4n) is 11.2. The van der Waals surface area contributed by atoms with Crippen molar-refractivity contribution in [2.45, 2.75) is 394 Å². The van der Waals surface area contributed by atoms with Gasteiger partial charge in [-0.25, -0.2) is 9.13 Å². The van der Waals surface area contributed by atoms with E-state index in [9.17, 15) is 43.2 Å². The monoisotopic (exact) mass is 1370 g/mol. The van der Waals surface area contributed by atoms with Crippen molar-refractivity contribution in [1.82, 2.24) is 0 Å². The fraction of sp³-hybridized carbons (Fsp3) is 0.946. The lowest BCUT2D eigenvalue weighted by Gasteiger charge is -2.21. The van der Waals surface area contributed by atoms with Crippen LogP contribution in [-0.4, -0.2) is 96.7 Å². The van der Waals surface area contributed by atoms with E-state index in [0.29, 0.717) is 25.7 Å². The van der Waals surface area contributed by atoms with E-state index in [2.05, 4.69) is 48.5 Å². The van der Waals surface area contributed by atoms with Gasteiger partial charge in [-0.1, -0.05) is 325 Å². The third-order valence-electron chi connectivity index (χ3n) is 17.1. The molecule has 0 aromatic rings. The first-order chi connectivity index (χ1) is 44.7. The number of carbonyl (C=O) groups is 4. The van der Waals surface area contributed by atoms with E-state index in [4.69, 9.17) is 37.0 Å². The molecule has 0 radical (unpaired) electrons. The van der Waals surface area contributed by atoms with Crippen LogP contribution >= 0.6 is 15.6 Å². The molecule has 0 aromatic heterocycles. The van der Waals surface area contributed by atoms with Gasteiger partial charge in [-0.15, -0.1) is 0 Å². The molecule has 0 amide bonds. The first-order valence-corrected chi connectivity index (χ1v) is 41.3. The summed E-state index contributed by atoms with van der Waals surface area (Å²) in [6, 6.07) is 0. The molecule has 0 aromatic carbocycles. The van der Waals surface area contributed by atoms with E-state index < -0.39 is 97.5 Å². The van der Waals surface area contributed by atoms with E-state index in [1.165, 1.54) is 186 Å². The molecule has 0 saturated heterocycles. The van der Waals surface area contributed by atoms with Crippen LogP contribution in [0, 0.1) is 17.8 Å². The van der Waals surface area contributed by atoms with Crippen molar-refractivity contribution in [3.8, 4) is 0 Å². The van der Waals surface area contributed by atoms with Gasteiger partial charge in [-0.3, -0.25) is 37.3 Å². The summed E-state index contributed by atoms with van der Waals surface area (Å²) >= 11 is 0. The highest BCUT2D eigenvalue weighted by atomic mass is 31.2. The number of hydrogen-bond donors (Lipinski definition) is 3. The van der Waals surface area contributed by atoms with E-state index in [-0.39, 0.29) is 25.7 Å². The highest BCUT2D eigenvalue weighted by Crippen LogP contribution is 2.45. The molecule has 19 heteroatoms. The summed E-state index contributed by atoms with van der Waals surface area (Å²) in [5.74, 6) is 0.168. The fourth-order valence-corrected chi connectivity index (χ4v) is 12.8. The van der Waals surface area contributed by atoms with Gasteiger partial charge in [0, 0.05) is 25.7 Å². The van der Waals surface area contributed by atoms with Crippen LogP contribution in [0.3, 0.4) is 0 Å². The molecule has 3 N–H and O–H groups in total. The Morgan fingerprint density at radius 3 is 0.731 bits per heavy atom. The van der Waals surface area contributed by atoms with Gasteiger partial charge in [0.25, 0.3) is 0 Å². The maximum atomic E-state index is 13.1. The lowest BCUT2D eigenvalue weighted by Crippen LogP contribution is -2.30. The molecular formula is C74H144O17P2. The summed E-state index contributed by atoms with van der Waals surface area (Å²) in [6.07, 6.45) is 49.8. The van der Waals surface area contributed by atoms with Crippen LogP contribution < -0.4 is 0 Å². The van der Waals surface area contributed by atoms with Crippen LogP contribution in [0.2, 0.25) is 0 Å². The van der Waals surface area contributed by atoms with Gasteiger partial charge >= 0.3 is 39.5 Å². The van der Waals surface area contributed by atoms with Gasteiger partial charge in [0.2, 0.25) is 0 Å². The average molecular weight is 1370 g/mol. The largest absolute Gasteiger partial charge is 0.472 e. The van der Waals surface area contributed by atoms with Crippen molar-refractivity contribution in [2.75, 3.05) is 39.6 Å².